The SMILES string of the molecule is Cc1ccc(CNC(=O)CS[C@@H]2CCS(=O)(=O)C2)cc1. The molecule has 0 radical (unpaired) electrons. The van der Waals surface area contributed by atoms with Gasteiger partial charge in [-0.3, -0.25) is 4.79 Å². The summed E-state index contributed by atoms with van der Waals surface area (Å²) in [5, 5.41) is 2.93. The predicted molar refractivity (Wildman–Crippen MR) is 82.5 cm³/mol. The van der Waals surface area contributed by atoms with Gasteiger partial charge in [-0.15, -0.1) is 11.8 Å². The number of aryl methyl sites for hydroxylation is 1. The molecule has 2 rings (SSSR count). The van der Waals surface area contributed by atoms with Gasteiger partial charge >= 0.3 is 0 Å². The summed E-state index contributed by atoms with van der Waals surface area (Å²) in [5.41, 5.74) is 2.26. The van der Waals surface area contributed by atoms with Crippen LogP contribution in [0.5, 0.6) is 0 Å². The molecule has 1 aliphatic heterocycles. The molecule has 0 saturated carbocycles. The van der Waals surface area contributed by atoms with Gasteiger partial charge in [0, 0.05) is 11.8 Å². The lowest BCUT2D eigenvalue weighted by atomic mass is 10.1. The monoisotopic (exact) mass is 313 g/mol. The lowest BCUT2D eigenvalue weighted by molar-refractivity contribution is -0.118. The van der Waals surface area contributed by atoms with E-state index in [-0.39, 0.29) is 22.7 Å². The van der Waals surface area contributed by atoms with Gasteiger partial charge in [0.15, 0.2) is 9.84 Å². The van der Waals surface area contributed by atoms with Gasteiger partial charge in [-0.05, 0) is 18.9 Å². The normalized spacial score (nSPS) is 20.8. The Morgan fingerprint density at radius 2 is 2.05 bits per heavy atom. The quantitative estimate of drug-likeness (QED) is 0.895. The zero-order valence-corrected chi connectivity index (χ0v) is 13.1. The zero-order chi connectivity index (χ0) is 14.6. The summed E-state index contributed by atoms with van der Waals surface area (Å²) < 4.78 is 22.6. The molecule has 1 aromatic carbocycles. The van der Waals surface area contributed by atoms with Gasteiger partial charge in [-0.1, -0.05) is 29.8 Å². The highest BCUT2D eigenvalue weighted by Gasteiger charge is 2.28. The first-order chi connectivity index (χ1) is 9.44. The molecule has 0 unspecified atom stereocenters. The van der Waals surface area contributed by atoms with Gasteiger partial charge in [0.1, 0.15) is 0 Å². The van der Waals surface area contributed by atoms with E-state index in [4.69, 9.17) is 0 Å². The molecule has 1 aliphatic rings. The number of hydrogen-bond donors (Lipinski definition) is 1. The number of benzene rings is 1. The Morgan fingerprint density at radius 1 is 1.35 bits per heavy atom. The fourth-order valence-electron chi connectivity index (χ4n) is 2.04. The molecular formula is C14H19NO3S2. The van der Waals surface area contributed by atoms with Crippen molar-refractivity contribution in [1.29, 1.82) is 0 Å². The summed E-state index contributed by atoms with van der Waals surface area (Å²) in [6, 6.07) is 8.01. The van der Waals surface area contributed by atoms with Crippen molar-refractivity contribution in [2.24, 2.45) is 0 Å². The van der Waals surface area contributed by atoms with Crippen molar-refractivity contribution >= 4 is 27.5 Å². The molecule has 1 atom stereocenters. The van der Waals surface area contributed by atoms with Gasteiger partial charge in [0.25, 0.3) is 0 Å². The number of sulfone groups is 1. The van der Waals surface area contributed by atoms with Crippen LogP contribution in [0.1, 0.15) is 17.5 Å². The molecule has 20 heavy (non-hydrogen) atoms. The number of hydrogen-bond acceptors (Lipinski definition) is 4. The van der Waals surface area contributed by atoms with Crippen molar-refractivity contribution in [2.75, 3.05) is 17.3 Å². The first kappa shape index (κ1) is 15.4. The van der Waals surface area contributed by atoms with Crippen LogP contribution in [-0.4, -0.2) is 36.8 Å². The second kappa shape index (κ2) is 6.63. The molecule has 110 valence electrons. The molecule has 0 aromatic heterocycles. The lowest BCUT2D eigenvalue weighted by Gasteiger charge is -2.08. The van der Waals surface area contributed by atoms with Crippen molar-refractivity contribution < 1.29 is 13.2 Å². The third kappa shape index (κ3) is 4.83. The average Bonchev–Trinajstić information content (AvgIpc) is 2.75. The summed E-state index contributed by atoms with van der Waals surface area (Å²) in [4.78, 5) is 11.7. The van der Waals surface area contributed by atoms with E-state index in [0.29, 0.717) is 18.7 Å². The number of nitrogens with one attached hydrogen (secondary N) is 1. The summed E-state index contributed by atoms with van der Waals surface area (Å²) in [6.07, 6.45) is 0.665. The first-order valence-corrected chi connectivity index (χ1v) is 9.46. The summed E-state index contributed by atoms with van der Waals surface area (Å²) >= 11 is 1.44. The van der Waals surface area contributed by atoms with Crippen molar-refractivity contribution in [3.05, 3.63) is 35.4 Å². The zero-order valence-electron chi connectivity index (χ0n) is 11.5. The summed E-state index contributed by atoms with van der Waals surface area (Å²) in [7, 11) is -2.86. The summed E-state index contributed by atoms with van der Waals surface area (Å²) in [5.74, 6) is 0.754. The van der Waals surface area contributed by atoms with Crippen molar-refractivity contribution in [3.8, 4) is 0 Å². The van der Waals surface area contributed by atoms with Gasteiger partial charge in [-0.25, -0.2) is 8.42 Å². The van der Waals surface area contributed by atoms with Gasteiger partial charge < -0.3 is 5.32 Å². The number of carbonyl (C=O) groups is 1. The second-order valence-electron chi connectivity index (χ2n) is 5.10. The largest absolute Gasteiger partial charge is 0.351 e. The van der Waals surface area contributed by atoms with Crippen LogP contribution in [0.4, 0.5) is 0 Å². The molecule has 1 heterocycles. The highest BCUT2D eigenvalue weighted by Crippen LogP contribution is 2.23. The second-order valence-corrected chi connectivity index (χ2v) is 8.62. The van der Waals surface area contributed by atoms with Crippen molar-refractivity contribution in [1.82, 2.24) is 5.32 Å². The van der Waals surface area contributed by atoms with E-state index >= 15 is 0 Å². The Balaban J connectivity index is 1.69. The predicted octanol–water partition coefficient (Wildman–Crippen LogP) is 1.53. The van der Waals surface area contributed by atoms with E-state index in [2.05, 4.69) is 5.32 Å². The molecule has 0 aliphatic carbocycles. The first-order valence-electron chi connectivity index (χ1n) is 6.59. The standard InChI is InChI=1S/C14H19NO3S2/c1-11-2-4-12(5-3-11)8-15-14(16)9-19-13-6-7-20(17,18)10-13/h2-5,13H,6-10H2,1H3,(H,15,16)/t13-/m1/s1. The van der Waals surface area contributed by atoms with Crippen LogP contribution in [0.25, 0.3) is 0 Å². The van der Waals surface area contributed by atoms with E-state index in [1.54, 1.807) is 0 Å². The van der Waals surface area contributed by atoms with Crippen molar-refractivity contribution in [2.45, 2.75) is 25.1 Å². The highest BCUT2D eigenvalue weighted by atomic mass is 32.2. The minimum absolute atomic E-state index is 0.0418. The van der Waals surface area contributed by atoms with Crippen molar-refractivity contribution in [3.63, 3.8) is 0 Å². The molecule has 6 heteroatoms. The van der Waals surface area contributed by atoms with E-state index in [9.17, 15) is 13.2 Å². The molecule has 1 N–H and O–H groups in total. The van der Waals surface area contributed by atoms with Crippen LogP contribution in [0, 0.1) is 6.92 Å². The van der Waals surface area contributed by atoms with Crippen LogP contribution >= 0.6 is 11.8 Å². The molecule has 1 aromatic rings. The van der Waals surface area contributed by atoms with Gasteiger partial charge in [0.2, 0.25) is 5.91 Å². The van der Waals surface area contributed by atoms with Crippen LogP contribution in [-0.2, 0) is 21.2 Å². The van der Waals surface area contributed by atoms with Crippen LogP contribution < -0.4 is 5.32 Å². The Kier molecular flexibility index (Phi) is 5.10. The molecule has 1 fully saturated rings. The lowest BCUT2D eigenvalue weighted by Crippen LogP contribution is -2.25. The Labute approximate surface area is 124 Å². The maximum absolute atomic E-state index is 11.7. The van der Waals surface area contributed by atoms with E-state index in [1.807, 2.05) is 31.2 Å². The van der Waals surface area contributed by atoms with Crippen LogP contribution in [0.2, 0.25) is 0 Å². The van der Waals surface area contributed by atoms with E-state index in [0.717, 1.165) is 5.56 Å². The topological polar surface area (TPSA) is 63.2 Å². The molecule has 4 nitrogen and oxygen atoms in total. The number of rotatable bonds is 5. The molecule has 0 spiro atoms. The third-order valence-electron chi connectivity index (χ3n) is 3.25. The maximum atomic E-state index is 11.7. The molecule has 1 saturated heterocycles. The Morgan fingerprint density at radius 3 is 2.65 bits per heavy atom. The molecule has 0 bridgehead atoms. The van der Waals surface area contributed by atoms with Crippen LogP contribution in [0.15, 0.2) is 24.3 Å². The fourth-order valence-corrected chi connectivity index (χ4v) is 5.52. The number of thioether (sulfide) groups is 1. The summed E-state index contributed by atoms with van der Waals surface area (Å²) in [6.45, 7) is 2.54. The highest BCUT2D eigenvalue weighted by molar-refractivity contribution is 8.02. The van der Waals surface area contributed by atoms with E-state index in [1.165, 1.54) is 17.3 Å². The molecular weight excluding hydrogens is 294 g/mol. The Bertz CT molecular complexity index is 567. The maximum Gasteiger partial charge on any atom is 0.230 e. The minimum atomic E-state index is -2.86. The average molecular weight is 313 g/mol. The van der Waals surface area contributed by atoms with Gasteiger partial charge in [-0.2, -0.15) is 0 Å². The third-order valence-corrected chi connectivity index (χ3v) is 6.53. The Hall–Kier alpha value is -1.01. The molecule has 1 amide bonds. The fraction of sp³-hybridized carbons (Fsp3) is 0.500. The smallest absolute Gasteiger partial charge is 0.230 e. The minimum Gasteiger partial charge on any atom is -0.351 e. The van der Waals surface area contributed by atoms with E-state index < -0.39 is 9.84 Å². The number of amides is 1. The number of carbonyl (C=O) groups excluding carboxylic acids is 1. The van der Waals surface area contributed by atoms with Crippen LogP contribution in [0.3, 0.4) is 0 Å². The van der Waals surface area contributed by atoms with Gasteiger partial charge in [0.05, 0.1) is 17.3 Å².